The fraction of sp³-hybridized carbons (Fsp3) is 0.257. The second-order valence-corrected chi connectivity index (χ2v) is 13.2. The van der Waals surface area contributed by atoms with Crippen LogP contribution < -0.4 is 9.62 Å². The summed E-state index contributed by atoms with van der Waals surface area (Å²) < 4.78 is 43.1. The molecule has 236 valence electrons. The normalized spacial score (nSPS) is 12.6. The number of hydrogen-bond donors (Lipinski definition) is 1. The maximum Gasteiger partial charge on any atom is 0.264 e. The maximum atomic E-state index is 14.5. The minimum atomic E-state index is -4.25. The van der Waals surface area contributed by atoms with E-state index in [9.17, 15) is 22.4 Å². The smallest absolute Gasteiger partial charge is 0.264 e. The van der Waals surface area contributed by atoms with Crippen LogP contribution >= 0.6 is 11.6 Å². The molecule has 2 atom stereocenters. The summed E-state index contributed by atoms with van der Waals surface area (Å²) in [6, 6.07) is 26.4. The highest BCUT2D eigenvalue weighted by Crippen LogP contribution is 2.30. The first-order valence-electron chi connectivity index (χ1n) is 14.7. The van der Waals surface area contributed by atoms with Gasteiger partial charge in [-0.2, -0.15) is 0 Å². The van der Waals surface area contributed by atoms with E-state index < -0.39 is 34.3 Å². The summed E-state index contributed by atoms with van der Waals surface area (Å²) in [6.45, 7) is 4.88. The van der Waals surface area contributed by atoms with Crippen molar-refractivity contribution in [1.82, 2.24) is 10.2 Å². The highest BCUT2D eigenvalue weighted by atomic mass is 35.5. The van der Waals surface area contributed by atoms with E-state index in [1.807, 2.05) is 44.2 Å². The van der Waals surface area contributed by atoms with Crippen LogP contribution in [0.2, 0.25) is 5.02 Å². The summed E-state index contributed by atoms with van der Waals surface area (Å²) >= 11 is 6.32. The fourth-order valence-corrected chi connectivity index (χ4v) is 6.52. The number of benzene rings is 4. The first kappa shape index (κ1) is 33.7. The van der Waals surface area contributed by atoms with Crippen LogP contribution in [0.25, 0.3) is 0 Å². The van der Waals surface area contributed by atoms with Crippen LogP contribution in [0, 0.1) is 12.7 Å². The molecule has 4 aromatic rings. The Balaban J connectivity index is 1.83. The molecule has 7 nitrogen and oxygen atoms in total. The van der Waals surface area contributed by atoms with Crippen molar-refractivity contribution >= 4 is 39.1 Å². The van der Waals surface area contributed by atoms with Gasteiger partial charge in [-0.1, -0.05) is 85.3 Å². The van der Waals surface area contributed by atoms with Crippen LogP contribution in [-0.4, -0.2) is 43.8 Å². The zero-order chi connectivity index (χ0) is 32.6. The molecule has 0 saturated heterocycles. The number of hydrogen-bond acceptors (Lipinski definition) is 4. The highest BCUT2D eigenvalue weighted by Gasteiger charge is 2.35. The number of carbonyl (C=O) groups is 2. The fourth-order valence-electron chi connectivity index (χ4n) is 4.87. The van der Waals surface area contributed by atoms with E-state index in [0.29, 0.717) is 22.6 Å². The minimum Gasteiger partial charge on any atom is -0.352 e. The lowest BCUT2D eigenvalue weighted by Crippen LogP contribution is -2.54. The molecule has 0 spiro atoms. The average molecular weight is 650 g/mol. The first-order chi connectivity index (χ1) is 21.5. The Labute approximate surface area is 269 Å². The Morgan fingerprint density at radius 2 is 1.51 bits per heavy atom. The predicted molar refractivity (Wildman–Crippen MR) is 176 cm³/mol. The van der Waals surface area contributed by atoms with Crippen LogP contribution in [0.5, 0.6) is 0 Å². The van der Waals surface area contributed by atoms with Crippen molar-refractivity contribution < 1.29 is 22.4 Å². The van der Waals surface area contributed by atoms with Crippen LogP contribution in [-0.2, 0) is 32.6 Å². The first-order valence-corrected chi connectivity index (χ1v) is 16.5. The number of rotatable bonds is 13. The lowest BCUT2D eigenvalue weighted by molar-refractivity contribution is -0.140. The van der Waals surface area contributed by atoms with E-state index >= 15 is 0 Å². The van der Waals surface area contributed by atoms with E-state index in [0.717, 1.165) is 9.87 Å². The van der Waals surface area contributed by atoms with Crippen molar-refractivity contribution in [3.8, 4) is 0 Å². The van der Waals surface area contributed by atoms with Crippen molar-refractivity contribution in [2.75, 3.05) is 10.8 Å². The molecule has 1 N–H and O–H groups in total. The van der Waals surface area contributed by atoms with Gasteiger partial charge >= 0.3 is 0 Å². The van der Waals surface area contributed by atoms with Gasteiger partial charge in [0.05, 0.1) is 10.6 Å². The second-order valence-electron chi connectivity index (χ2n) is 10.9. The van der Waals surface area contributed by atoms with E-state index in [1.165, 1.54) is 35.2 Å². The standard InChI is InChI=1S/C35H37ClFN3O4S/c1-4-26(3)38-35(42)33(21-27-11-7-5-8-12-27)39(23-28-16-19-30(37)20-17-28)34(41)24-40(32-22-29(36)18-15-25(32)2)45(43,44)31-13-9-6-10-14-31/h5-20,22,26,33H,4,21,23-24H2,1-3H3,(H,38,42)/t26-,33-/m0/s1. The summed E-state index contributed by atoms with van der Waals surface area (Å²) in [6.07, 6.45) is 0.852. The number of nitrogens with zero attached hydrogens (tertiary/aromatic N) is 2. The Morgan fingerprint density at radius 3 is 2.13 bits per heavy atom. The lowest BCUT2D eigenvalue weighted by Gasteiger charge is -2.34. The third-order valence-electron chi connectivity index (χ3n) is 7.59. The lowest BCUT2D eigenvalue weighted by atomic mass is 10.0. The zero-order valence-corrected chi connectivity index (χ0v) is 27.1. The Morgan fingerprint density at radius 1 is 0.889 bits per heavy atom. The number of carbonyl (C=O) groups excluding carboxylic acids is 2. The van der Waals surface area contributed by atoms with Gasteiger partial charge in [0.15, 0.2) is 0 Å². The molecule has 45 heavy (non-hydrogen) atoms. The number of halogens is 2. The summed E-state index contributed by atoms with van der Waals surface area (Å²) in [5, 5.41) is 3.30. The molecule has 0 fully saturated rings. The molecule has 4 rings (SSSR count). The van der Waals surface area contributed by atoms with E-state index in [2.05, 4.69) is 5.32 Å². The molecule has 0 radical (unpaired) electrons. The molecule has 0 aliphatic heterocycles. The van der Waals surface area contributed by atoms with Gasteiger partial charge in [-0.05, 0) is 73.4 Å². The highest BCUT2D eigenvalue weighted by molar-refractivity contribution is 7.92. The van der Waals surface area contributed by atoms with Crippen LogP contribution in [0.4, 0.5) is 10.1 Å². The van der Waals surface area contributed by atoms with Gasteiger partial charge in [-0.25, -0.2) is 12.8 Å². The van der Waals surface area contributed by atoms with Crippen LogP contribution in [0.15, 0.2) is 108 Å². The quantitative estimate of drug-likeness (QED) is 0.178. The molecule has 0 heterocycles. The number of anilines is 1. The Hall–Kier alpha value is -4.21. The third kappa shape index (κ3) is 8.71. The number of amides is 2. The number of nitrogens with one attached hydrogen (secondary N) is 1. The summed E-state index contributed by atoms with van der Waals surface area (Å²) in [4.78, 5) is 29.7. The summed E-state index contributed by atoms with van der Waals surface area (Å²) in [5.41, 5.74) is 2.23. The topological polar surface area (TPSA) is 86.8 Å². The van der Waals surface area contributed by atoms with Gasteiger partial charge in [0.1, 0.15) is 18.4 Å². The van der Waals surface area contributed by atoms with Crippen molar-refractivity contribution in [3.63, 3.8) is 0 Å². The maximum absolute atomic E-state index is 14.5. The molecule has 2 amide bonds. The molecule has 0 aromatic heterocycles. The zero-order valence-electron chi connectivity index (χ0n) is 25.5. The van der Waals surface area contributed by atoms with Crippen molar-refractivity contribution in [2.45, 2.75) is 57.1 Å². The van der Waals surface area contributed by atoms with E-state index in [4.69, 9.17) is 11.6 Å². The van der Waals surface area contributed by atoms with Gasteiger partial charge in [0, 0.05) is 24.0 Å². The largest absolute Gasteiger partial charge is 0.352 e. The van der Waals surface area contributed by atoms with Gasteiger partial charge in [0.25, 0.3) is 10.0 Å². The molecule has 0 bridgehead atoms. The molecule has 0 aliphatic carbocycles. The molecular weight excluding hydrogens is 613 g/mol. The van der Waals surface area contributed by atoms with Gasteiger partial charge in [-0.15, -0.1) is 0 Å². The molecule has 10 heteroatoms. The minimum absolute atomic E-state index is 0.00221. The van der Waals surface area contributed by atoms with Gasteiger partial charge < -0.3 is 10.2 Å². The number of aryl methyl sites for hydroxylation is 1. The molecule has 0 saturated carbocycles. The van der Waals surface area contributed by atoms with Gasteiger partial charge in [-0.3, -0.25) is 13.9 Å². The van der Waals surface area contributed by atoms with Crippen LogP contribution in [0.3, 0.4) is 0 Å². The third-order valence-corrected chi connectivity index (χ3v) is 9.60. The Kier molecular flexibility index (Phi) is 11.4. The van der Waals surface area contributed by atoms with Crippen molar-refractivity contribution in [3.05, 3.63) is 131 Å². The monoisotopic (exact) mass is 649 g/mol. The molecule has 0 unspecified atom stereocenters. The van der Waals surface area contributed by atoms with E-state index in [-0.39, 0.29) is 35.5 Å². The SMILES string of the molecule is CC[C@H](C)NC(=O)[C@H](Cc1ccccc1)N(Cc1ccc(F)cc1)C(=O)CN(c1cc(Cl)ccc1C)S(=O)(=O)c1ccccc1. The number of sulfonamides is 1. The van der Waals surface area contributed by atoms with Crippen LogP contribution in [0.1, 0.15) is 37.0 Å². The predicted octanol–water partition coefficient (Wildman–Crippen LogP) is 6.54. The van der Waals surface area contributed by atoms with Crippen molar-refractivity contribution in [1.29, 1.82) is 0 Å². The Bertz CT molecular complexity index is 1700. The molecule has 4 aromatic carbocycles. The summed E-state index contributed by atoms with van der Waals surface area (Å²) in [5.74, 6) is -1.43. The second kappa shape index (κ2) is 15.2. The molecule has 0 aliphatic rings. The summed E-state index contributed by atoms with van der Waals surface area (Å²) in [7, 11) is -4.25. The van der Waals surface area contributed by atoms with Gasteiger partial charge in [0.2, 0.25) is 11.8 Å². The van der Waals surface area contributed by atoms with E-state index in [1.54, 1.807) is 49.4 Å². The molecular formula is C35H37ClFN3O4S. The van der Waals surface area contributed by atoms with Crippen molar-refractivity contribution in [2.24, 2.45) is 0 Å². The average Bonchev–Trinajstić information content (AvgIpc) is 3.04.